The topological polar surface area (TPSA) is 54.2 Å². The summed E-state index contributed by atoms with van der Waals surface area (Å²) < 4.78 is 27.5. The van der Waals surface area contributed by atoms with Crippen LogP contribution in [0.15, 0.2) is 65.6 Å². The number of aryl methyl sites for hydroxylation is 1. The van der Waals surface area contributed by atoms with E-state index >= 15 is 0 Å². The highest BCUT2D eigenvalue weighted by Crippen LogP contribution is 2.41. The van der Waals surface area contributed by atoms with E-state index < -0.39 is 27.5 Å². The molecule has 1 fully saturated rings. The predicted octanol–water partition coefficient (Wildman–Crippen LogP) is 4.07. The maximum absolute atomic E-state index is 13.1. The molecule has 0 N–H and O–H groups in total. The molecule has 1 aliphatic rings. The molecule has 2 aromatic carbocycles. The summed E-state index contributed by atoms with van der Waals surface area (Å²) in [5.41, 5.74) is 1.35. The molecule has 0 amide bonds. The first kappa shape index (κ1) is 19.5. The van der Waals surface area contributed by atoms with Gasteiger partial charge in [0.2, 0.25) is 10.0 Å². The normalized spacial score (nSPS) is 22.7. The second kappa shape index (κ2) is 7.06. The number of nitrogens with zero attached hydrogens (tertiary/aromatic N) is 1. The number of carbonyl (C=O) groups excluding carboxylic acids is 1. The molecule has 3 rings (SSSR count). The number of benzene rings is 2. The second-order valence-corrected chi connectivity index (χ2v) is 9.81. The lowest BCUT2D eigenvalue weighted by atomic mass is 9.88. The van der Waals surface area contributed by atoms with Crippen LogP contribution in [0.2, 0.25) is 0 Å². The fourth-order valence-corrected chi connectivity index (χ4v) is 4.74. The van der Waals surface area contributed by atoms with Crippen molar-refractivity contribution in [3.8, 4) is 0 Å². The van der Waals surface area contributed by atoms with E-state index in [4.69, 9.17) is 0 Å². The molecule has 142 valence electrons. The highest BCUT2D eigenvalue weighted by molar-refractivity contribution is 7.89. The molecule has 2 aromatic rings. The molecular formula is C22H25NO3S. The Morgan fingerprint density at radius 2 is 1.59 bits per heavy atom. The van der Waals surface area contributed by atoms with Crippen LogP contribution in [0, 0.1) is 12.3 Å². The van der Waals surface area contributed by atoms with Gasteiger partial charge in [-0.3, -0.25) is 4.79 Å². The van der Waals surface area contributed by atoms with E-state index in [-0.39, 0.29) is 10.7 Å². The molecule has 3 atom stereocenters. The zero-order valence-corrected chi connectivity index (χ0v) is 16.9. The van der Waals surface area contributed by atoms with Gasteiger partial charge < -0.3 is 0 Å². The number of sulfonamides is 1. The Hall–Kier alpha value is -2.24. The lowest BCUT2D eigenvalue weighted by Crippen LogP contribution is -2.29. The van der Waals surface area contributed by atoms with Gasteiger partial charge in [-0.2, -0.15) is 4.31 Å². The van der Waals surface area contributed by atoms with Crippen molar-refractivity contribution in [2.45, 2.75) is 44.7 Å². The average Bonchev–Trinajstić information content (AvgIpc) is 3.35. The van der Waals surface area contributed by atoms with Crippen molar-refractivity contribution in [1.29, 1.82) is 0 Å². The van der Waals surface area contributed by atoms with Crippen LogP contribution in [0.25, 0.3) is 6.08 Å². The van der Waals surface area contributed by atoms with Crippen molar-refractivity contribution >= 4 is 21.9 Å². The smallest absolute Gasteiger partial charge is 0.244 e. The average molecular weight is 384 g/mol. The Labute approximate surface area is 161 Å². The summed E-state index contributed by atoms with van der Waals surface area (Å²) in [6.07, 6.45) is 3.69. The van der Waals surface area contributed by atoms with Gasteiger partial charge in [-0.15, -0.1) is 0 Å². The molecule has 0 bridgehead atoms. The zero-order chi connectivity index (χ0) is 19.8. The summed E-state index contributed by atoms with van der Waals surface area (Å²) in [5.74, 6) is -0.0686. The van der Waals surface area contributed by atoms with Crippen LogP contribution in [0.4, 0.5) is 0 Å². The van der Waals surface area contributed by atoms with Crippen molar-refractivity contribution < 1.29 is 13.2 Å². The Bertz CT molecular complexity index is 955. The van der Waals surface area contributed by atoms with Gasteiger partial charge in [0.15, 0.2) is 5.78 Å². The molecule has 27 heavy (non-hydrogen) atoms. The first-order chi connectivity index (χ1) is 12.6. The quantitative estimate of drug-likeness (QED) is 0.732. The van der Waals surface area contributed by atoms with Crippen LogP contribution in [-0.2, 0) is 14.8 Å². The molecule has 5 heteroatoms. The summed E-state index contributed by atoms with van der Waals surface area (Å²) >= 11 is 0. The minimum Gasteiger partial charge on any atom is -0.297 e. The summed E-state index contributed by atoms with van der Waals surface area (Å²) in [5, 5.41) is 0. The van der Waals surface area contributed by atoms with E-state index in [2.05, 4.69) is 0 Å². The summed E-state index contributed by atoms with van der Waals surface area (Å²) in [6, 6.07) is 15.3. The number of Topliss-reactive ketones (excluding diaryl/α,β-unsaturated/α-hetero) is 1. The molecule has 1 heterocycles. The third-order valence-electron chi connectivity index (χ3n) is 4.69. The maximum Gasteiger partial charge on any atom is 0.244 e. The summed E-state index contributed by atoms with van der Waals surface area (Å²) in [6.45, 7) is 7.37. The molecule has 4 nitrogen and oxygen atoms in total. The predicted molar refractivity (Wildman–Crippen MR) is 108 cm³/mol. The molecule has 0 spiro atoms. The number of ketones is 1. The van der Waals surface area contributed by atoms with Crippen LogP contribution >= 0.6 is 0 Å². The van der Waals surface area contributed by atoms with E-state index in [1.54, 1.807) is 24.3 Å². The number of hydrogen-bond donors (Lipinski definition) is 0. The van der Waals surface area contributed by atoms with E-state index in [0.29, 0.717) is 0 Å². The van der Waals surface area contributed by atoms with Crippen LogP contribution in [0.3, 0.4) is 0 Å². The number of rotatable bonds is 5. The van der Waals surface area contributed by atoms with Gasteiger partial charge in [-0.25, -0.2) is 8.42 Å². The molecule has 1 aliphatic heterocycles. The monoisotopic (exact) mass is 383 g/mol. The SMILES string of the molecule is Cc1ccc(S(=O)(=O)N2[C@H](/C=C/c3ccccc3)[C@H]2C(=O)C(C)(C)C)cc1. The first-order valence-corrected chi connectivity index (χ1v) is 10.4. The van der Waals surface area contributed by atoms with E-state index in [9.17, 15) is 13.2 Å². The largest absolute Gasteiger partial charge is 0.297 e. The van der Waals surface area contributed by atoms with Crippen LogP contribution in [-0.4, -0.2) is 30.6 Å². The fourth-order valence-electron chi connectivity index (χ4n) is 3.05. The lowest BCUT2D eigenvalue weighted by Gasteiger charge is -2.16. The van der Waals surface area contributed by atoms with Gasteiger partial charge in [0.25, 0.3) is 0 Å². The summed E-state index contributed by atoms with van der Waals surface area (Å²) in [7, 11) is -3.73. The lowest BCUT2D eigenvalue weighted by molar-refractivity contribution is -0.126. The van der Waals surface area contributed by atoms with Gasteiger partial charge in [0, 0.05) is 5.41 Å². The Balaban J connectivity index is 1.94. The highest BCUT2D eigenvalue weighted by atomic mass is 32.2. The van der Waals surface area contributed by atoms with Crippen LogP contribution in [0.5, 0.6) is 0 Å². The van der Waals surface area contributed by atoms with Crippen molar-refractivity contribution in [2.24, 2.45) is 5.41 Å². The Kier molecular flexibility index (Phi) is 5.10. The molecule has 1 saturated heterocycles. The minimum atomic E-state index is -3.73. The van der Waals surface area contributed by atoms with Crippen molar-refractivity contribution in [2.75, 3.05) is 0 Å². The van der Waals surface area contributed by atoms with Gasteiger partial charge in [-0.05, 0) is 24.6 Å². The van der Waals surface area contributed by atoms with Gasteiger partial charge in [0.05, 0.1) is 10.9 Å². The van der Waals surface area contributed by atoms with Crippen LogP contribution < -0.4 is 0 Å². The fraction of sp³-hybridized carbons (Fsp3) is 0.318. The highest BCUT2D eigenvalue weighted by Gasteiger charge is 2.59. The van der Waals surface area contributed by atoms with Crippen molar-refractivity contribution in [3.63, 3.8) is 0 Å². The van der Waals surface area contributed by atoms with Gasteiger partial charge in [-0.1, -0.05) is 81.0 Å². The maximum atomic E-state index is 13.1. The van der Waals surface area contributed by atoms with E-state index in [1.165, 1.54) is 4.31 Å². The molecule has 0 aromatic heterocycles. The standard InChI is InChI=1S/C22H25NO3S/c1-16-10-13-18(14-11-16)27(25,26)23-19(20(23)21(24)22(2,3)4)15-12-17-8-6-5-7-9-17/h5-15,19-20H,1-4H3/b15-12+/t19-,20+,23?/m1/s1. The molecule has 0 saturated carbocycles. The van der Waals surface area contributed by atoms with E-state index in [1.807, 2.05) is 70.2 Å². The number of carbonyl (C=O) groups is 1. The first-order valence-electron chi connectivity index (χ1n) is 9.00. The molecule has 0 aliphatic carbocycles. The van der Waals surface area contributed by atoms with Gasteiger partial charge >= 0.3 is 0 Å². The second-order valence-electron chi connectivity index (χ2n) is 7.97. The third kappa shape index (κ3) is 4.04. The molecule has 0 radical (unpaired) electrons. The summed E-state index contributed by atoms with van der Waals surface area (Å²) in [4.78, 5) is 13.1. The Morgan fingerprint density at radius 3 is 2.15 bits per heavy atom. The molecule has 1 unspecified atom stereocenters. The van der Waals surface area contributed by atoms with Crippen molar-refractivity contribution in [3.05, 3.63) is 71.8 Å². The zero-order valence-electron chi connectivity index (χ0n) is 16.1. The van der Waals surface area contributed by atoms with E-state index in [0.717, 1.165) is 11.1 Å². The minimum absolute atomic E-state index is 0.0686. The van der Waals surface area contributed by atoms with Gasteiger partial charge in [0.1, 0.15) is 6.04 Å². The number of hydrogen-bond acceptors (Lipinski definition) is 3. The third-order valence-corrected chi connectivity index (χ3v) is 6.58. The van der Waals surface area contributed by atoms with Crippen LogP contribution in [0.1, 0.15) is 31.9 Å². The van der Waals surface area contributed by atoms with Crippen molar-refractivity contribution in [1.82, 2.24) is 4.31 Å². The Morgan fingerprint density at radius 1 is 1.00 bits per heavy atom. The molecular weight excluding hydrogens is 358 g/mol.